The van der Waals surface area contributed by atoms with Gasteiger partial charge >= 0.3 is 5.97 Å². The number of H-pyrrole nitrogens is 2. The Kier molecular flexibility index (Phi) is 4.69. The molecular weight excluding hydrogens is 413 g/mol. The second-order valence-electron chi connectivity index (χ2n) is 7.66. The van der Waals surface area contributed by atoms with Gasteiger partial charge in [-0.25, -0.2) is 19.3 Å². The average Bonchev–Trinajstić information content (AvgIpc) is 3.55. The van der Waals surface area contributed by atoms with E-state index >= 15 is 0 Å². The molecule has 0 fully saturated rings. The van der Waals surface area contributed by atoms with Crippen molar-refractivity contribution < 1.29 is 13.9 Å². The highest BCUT2D eigenvalue weighted by molar-refractivity contribution is 5.96. The molecule has 9 nitrogen and oxygen atoms in total. The molecule has 0 saturated carbocycles. The standard InChI is InChI=1S/C22H20FN7O2/c1-11(22(31)32-3)12(2)30-10-17(18-4-5-27-29-18)16-9-26-20(28-21(16)30)15-8-25-19-14(15)6-13(23)7-24-19/h4-12H,1-3H3,(H,24,25)(H,27,29)/t11-,12-/m1/s1. The molecule has 5 aromatic rings. The lowest BCUT2D eigenvalue weighted by Crippen LogP contribution is -2.23. The van der Waals surface area contributed by atoms with E-state index in [0.717, 1.165) is 22.8 Å². The van der Waals surface area contributed by atoms with Gasteiger partial charge in [0.2, 0.25) is 0 Å². The van der Waals surface area contributed by atoms with Crippen molar-refractivity contribution in [2.45, 2.75) is 19.9 Å². The second kappa shape index (κ2) is 7.56. The summed E-state index contributed by atoms with van der Waals surface area (Å²) in [5.74, 6) is -0.737. The van der Waals surface area contributed by atoms with E-state index in [1.807, 2.05) is 30.7 Å². The predicted molar refractivity (Wildman–Crippen MR) is 116 cm³/mol. The first-order valence-corrected chi connectivity index (χ1v) is 10.1. The number of hydrogen-bond donors (Lipinski definition) is 2. The Morgan fingerprint density at radius 2 is 2.03 bits per heavy atom. The Bertz CT molecular complexity index is 1440. The van der Waals surface area contributed by atoms with Crippen molar-refractivity contribution in [1.29, 1.82) is 0 Å². The minimum Gasteiger partial charge on any atom is -0.469 e. The summed E-state index contributed by atoms with van der Waals surface area (Å²) in [5, 5.41) is 8.40. The fraction of sp³-hybridized carbons (Fsp3) is 0.227. The number of fused-ring (bicyclic) bond motifs is 2. The van der Waals surface area contributed by atoms with Gasteiger partial charge in [-0.15, -0.1) is 0 Å². The zero-order valence-electron chi connectivity index (χ0n) is 17.6. The topological polar surface area (TPSA) is 114 Å². The lowest BCUT2D eigenvalue weighted by atomic mass is 10.0. The highest BCUT2D eigenvalue weighted by atomic mass is 19.1. The van der Waals surface area contributed by atoms with Crippen LogP contribution in [-0.2, 0) is 9.53 Å². The van der Waals surface area contributed by atoms with Crippen molar-refractivity contribution in [1.82, 2.24) is 34.7 Å². The van der Waals surface area contributed by atoms with Crippen molar-refractivity contribution in [3.63, 3.8) is 0 Å². The van der Waals surface area contributed by atoms with Gasteiger partial charge in [-0.2, -0.15) is 5.10 Å². The number of aromatic nitrogens is 7. The summed E-state index contributed by atoms with van der Waals surface area (Å²) in [6.45, 7) is 3.75. The highest BCUT2D eigenvalue weighted by Crippen LogP contribution is 2.34. The van der Waals surface area contributed by atoms with Gasteiger partial charge in [0.25, 0.3) is 0 Å². The van der Waals surface area contributed by atoms with Gasteiger partial charge in [-0.3, -0.25) is 9.89 Å². The number of nitrogens with one attached hydrogen (secondary N) is 2. The summed E-state index contributed by atoms with van der Waals surface area (Å²) in [6, 6.07) is 3.01. The Morgan fingerprint density at radius 3 is 2.78 bits per heavy atom. The number of halogens is 1. The fourth-order valence-corrected chi connectivity index (χ4v) is 3.88. The summed E-state index contributed by atoms with van der Waals surface area (Å²) >= 11 is 0. The first kappa shape index (κ1) is 19.9. The largest absolute Gasteiger partial charge is 0.469 e. The molecule has 0 radical (unpaired) electrons. The van der Waals surface area contributed by atoms with E-state index in [2.05, 4.69) is 25.1 Å². The number of ether oxygens (including phenoxy) is 1. The Hall–Kier alpha value is -4.08. The lowest BCUT2D eigenvalue weighted by Gasteiger charge is -2.20. The Morgan fingerprint density at radius 1 is 1.19 bits per heavy atom. The molecule has 5 rings (SSSR count). The molecule has 32 heavy (non-hydrogen) atoms. The number of pyridine rings is 1. The second-order valence-corrected chi connectivity index (χ2v) is 7.66. The van der Waals surface area contributed by atoms with Crippen molar-refractivity contribution in [3.8, 4) is 22.6 Å². The van der Waals surface area contributed by atoms with Crippen LogP contribution in [0.25, 0.3) is 44.7 Å². The first-order valence-electron chi connectivity index (χ1n) is 10.1. The molecule has 10 heteroatoms. The number of hydrogen-bond acceptors (Lipinski definition) is 6. The first-order chi connectivity index (χ1) is 15.5. The van der Waals surface area contributed by atoms with Gasteiger partial charge in [0.1, 0.15) is 17.1 Å². The van der Waals surface area contributed by atoms with Gasteiger partial charge in [-0.1, -0.05) is 0 Å². The van der Waals surface area contributed by atoms with E-state index in [1.165, 1.54) is 13.2 Å². The van der Waals surface area contributed by atoms with Gasteiger partial charge in [0, 0.05) is 52.7 Å². The van der Waals surface area contributed by atoms with Crippen LogP contribution >= 0.6 is 0 Å². The van der Waals surface area contributed by atoms with Crippen LogP contribution in [0.5, 0.6) is 0 Å². The van der Waals surface area contributed by atoms with Gasteiger partial charge in [0.05, 0.1) is 24.9 Å². The summed E-state index contributed by atoms with van der Waals surface area (Å²) in [7, 11) is 1.37. The minimum atomic E-state index is -0.440. The normalized spacial score (nSPS) is 13.5. The summed E-state index contributed by atoms with van der Waals surface area (Å²) in [6.07, 6.45) is 8.19. The number of nitrogens with zero attached hydrogens (tertiary/aromatic N) is 5. The third-order valence-corrected chi connectivity index (χ3v) is 5.84. The smallest absolute Gasteiger partial charge is 0.310 e. The van der Waals surface area contributed by atoms with Crippen LogP contribution in [-0.4, -0.2) is 47.8 Å². The summed E-state index contributed by atoms with van der Waals surface area (Å²) in [4.78, 5) is 28.7. The zero-order valence-corrected chi connectivity index (χ0v) is 17.6. The molecule has 0 unspecified atom stereocenters. The predicted octanol–water partition coefficient (Wildman–Crippen LogP) is 3.87. The van der Waals surface area contributed by atoms with Crippen LogP contribution in [0.1, 0.15) is 19.9 Å². The molecule has 0 aliphatic rings. The molecule has 5 aromatic heterocycles. The van der Waals surface area contributed by atoms with Crippen molar-refractivity contribution >= 4 is 28.0 Å². The average molecular weight is 433 g/mol. The number of carbonyl (C=O) groups excluding carboxylic acids is 1. The molecule has 0 saturated heterocycles. The Balaban J connectivity index is 1.71. The summed E-state index contributed by atoms with van der Waals surface area (Å²) in [5.41, 5.74) is 3.49. The number of aromatic amines is 2. The Labute approximate surface area is 181 Å². The lowest BCUT2D eigenvalue weighted by molar-refractivity contribution is -0.146. The van der Waals surface area contributed by atoms with E-state index in [-0.39, 0.29) is 12.0 Å². The number of esters is 1. The van der Waals surface area contributed by atoms with Gasteiger partial charge in [-0.05, 0) is 26.0 Å². The van der Waals surface area contributed by atoms with Crippen molar-refractivity contribution in [2.24, 2.45) is 5.92 Å². The molecule has 5 heterocycles. The third-order valence-electron chi connectivity index (χ3n) is 5.84. The SMILES string of the molecule is COC(=O)[C@H](C)[C@@H](C)n1cc(-c2ccn[nH]2)c2cnc(-c3c[nH]c4ncc(F)cc34)nc21. The van der Waals surface area contributed by atoms with E-state index in [4.69, 9.17) is 9.72 Å². The molecule has 2 N–H and O–H groups in total. The molecule has 0 bridgehead atoms. The highest BCUT2D eigenvalue weighted by Gasteiger charge is 2.26. The maximum absolute atomic E-state index is 13.8. The van der Waals surface area contributed by atoms with Gasteiger partial charge < -0.3 is 14.3 Å². The van der Waals surface area contributed by atoms with E-state index in [0.29, 0.717) is 28.1 Å². The number of carbonyl (C=O) groups is 1. The molecular formula is C22H20FN7O2. The molecule has 0 aliphatic carbocycles. The van der Waals surface area contributed by atoms with Gasteiger partial charge in [0.15, 0.2) is 5.82 Å². The fourth-order valence-electron chi connectivity index (χ4n) is 3.88. The van der Waals surface area contributed by atoms with Crippen LogP contribution < -0.4 is 0 Å². The summed E-state index contributed by atoms with van der Waals surface area (Å²) < 4.78 is 20.7. The van der Waals surface area contributed by atoms with Crippen LogP contribution in [0.3, 0.4) is 0 Å². The van der Waals surface area contributed by atoms with Crippen LogP contribution in [0.4, 0.5) is 4.39 Å². The maximum Gasteiger partial charge on any atom is 0.310 e. The van der Waals surface area contributed by atoms with E-state index < -0.39 is 11.7 Å². The van der Waals surface area contributed by atoms with Crippen molar-refractivity contribution in [3.05, 3.63) is 48.9 Å². The van der Waals surface area contributed by atoms with E-state index in [9.17, 15) is 9.18 Å². The molecule has 2 atom stereocenters. The number of methoxy groups -OCH3 is 1. The molecule has 162 valence electrons. The number of rotatable bonds is 5. The van der Waals surface area contributed by atoms with E-state index in [1.54, 1.807) is 18.6 Å². The van der Waals surface area contributed by atoms with Crippen LogP contribution in [0.15, 0.2) is 43.1 Å². The van der Waals surface area contributed by atoms with Crippen LogP contribution in [0.2, 0.25) is 0 Å². The van der Waals surface area contributed by atoms with Crippen molar-refractivity contribution in [2.75, 3.05) is 7.11 Å². The van der Waals surface area contributed by atoms with Crippen LogP contribution in [0, 0.1) is 11.7 Å². The maximum atomic E-state index is 13.8. The molecule has 0 aromatic carbocycles. The minimum absolute atomic E-state index is 0.244. The third kappa shape index (κ3) is 3.11. The monoisotopic (exact) mass is 433 g/mol. The molecule has 0 amide bonds. The molecule has 0 spiro atoms. The zero-order chi connectivity index (χ0) is 22.4. The quantitative estimate of drug-likeness (QED) is 0.407. The molecule has 0 aliphatic heterocycles.